The number of amides is 1. The first-order valence-corrected chi connectivity index (χ1v) is 11.7. The summed E-state index contributed by atoms with van der Waals surface area (Å²) >= 11 is 0. The molecule has 0 spiro atoms. The molecule has 0 bridgehead atoms. The van der Waals surface area contributed by atoms with Gasteiger partial charge in [0.05, 0.1) is 22.1 Å². The maximum Gasteiger partial charge on any atom is 0.329 e. The predicted molar refractivity (Wildman–Crippen MR) is 134 cm³/mol. The Kier molecular flexibility index (Phi) is 5.33. The molecule has 2 N–H and O–H groups in total. The zero-order chi connectivity index (χ0) is 24.8. The van der Waals surface area contributed by atoms with Crippen LogP contribution in [0.15, 0.2) is 52.4 Å². The minimum atomic E-state index is -0.503. The maximum absolute atomic E-state index is 13.1. The summed E-state index contributed by atoms with van der Waals surface area (Å²) in [6.07, 6.45) is 6.17. The Morgan fingerprint density at radius 3 is 2.78 bits per heavy atom. The number of rotatable bonds is 4. The number of ether oxygens (including phenoxy) is 1. The van der Waals surface area contributed by atoms with Gasteiger partial charge in [0.2, 0.25) is 5.91 Å². The van der Waals surface area contributed by atoms with Gasteiger partial charge in [-0.3, -0.25) is 24.1 Å². The van der Waals surface area contributed by atoms with E-state index in [1.54, 1.807) is 15.7 Å². The number of aromatic amines is 2. The van der Waals surface area contributed by atoms with Crippen LogP contribution in [-0.2, 0) is 9.53 Å². The van der Waals surface area contributed by atoms with Gasteiger partial charge in [0, 0.05) is 55.8 Å². The number of carbonyl (C=O) groups is 1. The summed E-state index contributed by atoms with van der Waals surface area (Å²) in [7, 11) is 1.49. The van der Waals surface area contributed by atoms with Gasteiger partial charge in [0.25, 0.3) is 5.56 Å². The van der Waals surface area contributed by atoms with Crippen molar-refractivity contribution in [2.45, 2.75) is 18.9 Å². The highest BCUT2D eigenvalue weighted by atomic mass is 16.5. The Bertz CT molecular complexity index is 1750. The third kappa shape index (κ3) is 3.55. The monoisotopic (exact) mass is 485 g/mol. The van der Waals surface area contributed by atoms with Crippen LogP contribution in [0, 0.1) is 0 Å². The van der Waals surface area contributed by atoms with E-state index in [2.05, 4.69) is 19.9 Å². The topological polar surface area (TPSA) is 139 Å². The molecule has 5 aromatic heterocycles. The SMILES string of the molecule is COCC(=O)N1CCC(n2c(=O)[nH]c(=O)c3cnc4ccc(-c5c[nH]c6ncccc56)nc4c32)CC1. The van der Waals surface area contributed by atoms with E-state index in [0.717, 1.165) is 16.6 Å². The minimum absolute atomic E-state index is 0.0264. The van der Waals surface area contributed by atoms with E-state index in [-0.39, 0.29) is 18.6 Å². The van der Waals surface area contributed by atoms with Crippen LogP contribution in [0.2, 0.25) is 0 Å². The van der Waals surface area contributed by atoms with Crippen molar-refractivity contribution < 1.29 is 9.53 Å². The first-order chi connectivity index (χ1) is 17.5. The maximum atomic E-state index is 13.1. The molecule has 0 unspecified atom stereocenters. The number of pyridine rings is 3. The molecule has 0 atom stereocenters. The van der Waals surface area contributed by atoms with Gasteiger partial charge in [0.1, 0.15) is 17.8 Å². The molecule has 0 radical (unpaired) electrons. The van der Waals surface area contributed by atoms with Crippen LogP contribution in [0.1, 0.15) is 18.9 Å². The van der Waals surface area contributed by atoms with E-state index in [1.807, 2.05) is 30.5 Å². The lowest BCUT2D eigenvalue weighted by Gasteiger charge is -2.33. The Balaban J connectivity index is 1.52. The van der Waals surface area contributed by atoms with Gasteiger partial charge >= 0.3 is 5.69 Å². The molecule has 11 nitrogen and oxygen atoms in total. The number of piperidine rings is 1. The van der Waals surface area contributed by atoms with Gasteiger partial charge in [-0.25, -0.2) is 14.8 Å². The molecule has 1 fully saturated rings. The van der Waals surface area contributed by atoms with Crippen molar-refractivity contribution in [1.82, 2.24) is 34.4 Å². The molecule has 0 saturated carbocycles. The summed E-state index contributed by atoms with van der Waals surface area (Å²) in [4.78, 5) is 59.2. The molecule has 6 rings (SSSR count). The molecular weight excluding hydrogens is 462 g/mol. The number of carbonyl (C=O) groups excluding carboxylic acids is 1. The minimum Gasteiger partial charge on any atom is -0.375 e. The van der Waals surface area contributed by atoms with Crippen LogP contribution in [0.3, 0.4) is 0 Å². The second kappa shape index (κ2) is 8.68. The van der Waals surface area contributed by atoms with Crippen LogP contribution in [0.4, 0.5) is 0 Å². The second-order valence-corrected chi connectivity index (χ2v) is 8.86. The van der Waals surface area contributed by atoms with E-state index in [0.29, 0.717) is 53.6 Å². The molecular formula is C25H23N7O4. The largest absolute Gasteiger partial charge is 0.375 e. The lowest BCUT2D eigenvalue weighted by Crippen LogP contribution is -2.43. The number of nitrogens with one attached hydrogen (secondary N) is 2. The van der Waals surface area contributed by atoms with E-state index in [9.17, 15) is 14.4 Å². The molecule has 0 aromatic carbocycles. The number of likely N-dealkylation sites (tertiary alicyclic amines) is 1. The third-order valence-electron chi connectivity index (χ3n) is 6.79. The van der Waals surface area contributed by atoms with Crippen molar-refractivity contribution in [3.63, 3.8) is 0 Å². The van der Waals surface area contributed by atoms with Crippen molar-refractivity contribution >= 4 is 38.9 Å². The van der Waals surface area contributed by atoms with Crippen LogP contribution in [0.25, 0.3) is 44.2 Å². The van der Waals surface area contributed by atoms with Crippen LogP contribution in [0.5, 0.6) is 0 Å². The molecule has 1 saturated heterocycles. The molecule has 0 aliphatic carbocycles. The second-order valence-electron chi connectivity index (χ2n) is 8.86. The van der Waals surface area contributed by atoms with Crippen LogP contribution in [-0.4, -0.2) is 67.1 Å². The van der Waals surface area contributed by atoms with Crippen molar-refractivity contribution in [3.8, 4) is 11.3 Å². The average molecular weight is 486 g/mol. The summed E-state index contributed by atoms with van der Waals surface area (Å²) in [6, 6.07) is 7.32. The van der Waals surface area contributed by atoms with Gasteiger partial charge in [-0.1, -0.05) is 0 Å². The van der Waals surface area contributed by atoms with E-state index < -0.39 is 11.2 Å². The molecule has 1 amide bonds. The zero-order valence-corrected chi connectivity index (χ0v) is 19.5. The van der Waals surface area contributed by atoms with E-state index >= 15 is 0 Å². The number of methoxy groups -OCH3 is 1. The molecule has 5 aromatic rings. The van der Waals surface area contributed by atoms with Crippen LogP contribution >= 0.6 is 0 Å². The number of H-pyrrole nitrogens is 2. The zero-order valence-electron chi connectivity index (χ0n) is 19.5. The number of fused-ring (bicyclic) bond motifs is 4. The molecule has 1 aliphatic rings. The number of aromatic nitrogens is 6. The van der Waals surface area contributed by atoms with E-state index in [4.69, 9.17) is 9.72 Å². The van der Waals surface area contributed by atoms with Crippen molar-refractivity contribution in [1.29, 1.82) is 0 Å². The average Bonchev–Trinajstić information content (AvgIpc) is 3.33. The summed E-state index contributed by atoms with van der Waals surface area (Å²) in [5.74, 6) is -0.0798. The summed E-state index contributed by atoms with van der Waals surface area (Å²) in [5.41, 5.74) is 2.79. The molecule has 6 heterocycles. The highest BCUT2D eigenvalue weighted by Gasteiger charge is 2.27. The van der Waals surface area contributed by atoms with Gasteiger partial charge < -0.3 is 14.6 Å². The van der Waals surface area contributed by atoms with Gasteiger partial charge in [0.15, 0.2) is 0 Å². The quantitative estimate of drug-likeness (QED) is 0.371. The molecule has 182 valence electrons. The Morgan fingerprint density at radius 2 is 1.97 bits per heavy atom. The fraction of sp³-hybridized carbons (Fsp3) is 0.280. The fourth-order valence-electron chi connectivity index (χ4n) is 5.04. The molecule has 1 aliphatic heterocycles. The van der Waals surface area contributed by atoms with Crippen molar-refractivity contribution in [3.05, 3.63) is 63.7 Å². The van der Waals surface area contributed by atoms with Gasteiger partial charge in [-0.2, -0.15) is 0 Å². The lowest BCUT2D eigenvalue weighted by atomic mass is 10.0. The first kappa shape index (κ1) is 22.1. The lowest BCUT2D eigenvalue weighted by molar-refractivity contribution is -0.136. The highest BCUT2D eigenvalue weighted by molar-refractivity contribution is 6.02. The Hall–Kier alpha value is -4.38. The highest BCUT2D eigenvalue weighted by Crippen LogP contribution is 2.31. The summed E-state index contributed by atoms with van der Waals surface area (Å²) < 4.78 is 6.59. The Labute approximate surface area is 203 Å². The number of hydrogen-bond acceptors (Lipinski definition) is 7. The first-order valence-electron chi connectivity index (χ1n) is 11.7. The smallest absolute Gasteiger partial charge is 0.329 e. The van der Waals surface area contributed by atoms with Crippen molar-refractivity contribution in [2.24, 2.45) is 0 Å². The van der Waals surface area contributed by atoms with E-state index in [1.165, 1.54) is 13.3 Å². The third-order valence-corrected chi connectivity index (χ3v) is 6.79. The fourth-order valence-corrected chi connectivity index (χ4v) is 5.04. The van der Waals surface area contributed by atoms with Gasteiger partial charge in [-0.05, 0) is 37.1 Å². The summed E-state index contributed by atoms with van der Waals surface area (Å²) in [5, 5.41) is 1.21. The number of hydrogen-bond donors (Lipinski definition) is 2. The summed E-state index contributed by atoms with van der Waals surface area (Å²) in [6.45, 7) is 1.01. The Morgan fingerprint density at radius 1 is 1.14 bits per heavy atom. The molecule has 36 heavy (non-hydrogen) atoms. The molecule has 11 heteroatoms. The van der Waals surface area contributed by atoms with Crippen LogP contribution < -0.4 is 11.2 Å². The standard InChI is InChI=1S/C25H23N7O4/c1-36-13-20(33)31-9-6-14(7-10-31)32-22-17(24(34)30-25(32)35)12-27-19-5-4-18(29-21(19)22)16-11-28-23-15(16)3-2-8-26-23/h2-5,8,11-12,14H,6-7,9-10,13H2,1H3,(H,26,28)(H,30,34,35). The predicted octanol–water partition coefficient (Wildman–Crippen LogP) is 1.99. The van der Waals surface area contributed by atoms with Gasteiger partial charge in [-0.15, -0.1) is 0 Å². The normalized spacial score (nSPS) is 14.8. The van der Waals surface area contributed by atoms with Crippen molar-refractivity contribution in [2.75, 3.05) is 26.8 Å². The number of nitrogens with zero attached hydrogens (tertiary/aromatic N) is 5.